The minimum Gasteiger partial charge on any atom is -0.380 e. The first kappa shape index (κ1) is 11.7. The maximum Gasteiger partial charge on any atom is 0.178 e. The molecule has 0 fully saturated rings. The number of halogens is 1. The third kappa shape index (κ3) is 2.18. The Hall–Kier alpha value is -2.33. The zero-order chi connectivity index (χ0) is 13.2. The van der Waals surface area contributed by atoms with Crippen LogP contribution >= 0.6 is 11.6 Å². The molecule has 0 aliphatic heterocycles. The molecule has 4 nitrogen and oxygen atoms in total. The van der Waals surface area contributed by atoms with Crippen LogP contribution in [0, 0.1) is 0 Å². The summed E-state index contributed by atoms with van der Waals surface area (Å²) < 4.78 is 5.32. The van der Waals surface area contributed by atoms with Crippen molar-refractivity contribution in [2.45, 2.75) is 0 Å². The third-order valence-electron chi connectivity index (χ3n) is 2.73. The van der Waals surface area contributed by atoms with E-state index < -0.39 is 0 Å². The molecule has 0 saturated carbocycles. The maximum atomic E-state index is 5.99. The summed E-state index contributed by atoms with van der Waals surface area (Å²) in [6.45, 7) is 0. The predicted octanol–water partition coefficient (Wildman–Crippen LogP) is 3.64. The SMILES string of the molecule is Nc1noc(-c2cccc(Cl)c2)c1-c1ccccn1. The van der Waals surface area contributed by atoms with Gasteiger partial charge in [0.05, 0.1) is 11.3 Å². The number of nitrogens with zero attached hydrogens (tertiary/aromatic N) is 2. The molecule has 0 atom stereocenters. The van der Waals surface area contributed by atoms with Crippen molar-refractivity contribution < 1.29 is 4.52 Å². The third-order valence-corrected chi connectivity index (χ3v) is 2.96. The van der Waals surface area contributed by atoms with E-state index in [1.165, 1.54) is 0 Å². The van der Waals surface area contributed by atoms with E-state index in [2.05, 4.69) is 10.1 Å². The number of aromatic nitrogens is 2. The van der Waals surface area contributed by atoms with Crippen molar-refractivity contribution >= 4 is 17.4 Å². The topological polar surface area (TPSA) is 64.9 Å². The van der Waals surface area contributed by atoms with Gasteiger partial charge < -0.3 is 10.3 Å². The number of rotatable bonds is 2. The zero-order valence-electron chi connectivity index (χ0n) is 9.88. The molecule has 2 heterocycles. The fourth-order valence-corrected chi connectivity index (χ4v) is 2.08. The second-order valence-electron chi connectivity index (χ2n) is 4.00. The molecule has 3 aromatic rings. The van der Waals surface area contributed by atoms with Gasteiger partial charge in [-0.3, -0.25) is 4.98 Å². The smallest absolute Gasteiger partial charge is 0.178 e. The molecule has 1 aromatic carbocycles. The molecule has 3 rings (SSSR count). The van der Waals surface area contributed by atoms with Gasteiger partial charge in [-0.1, -0.05) is 35.0 Å². The van der Waals surface area contributed by atoms with Crippen molar-refractivity contribution in [2.24, 2.45) is 0 Å². The Morgan fingerprint density at radius 2 is 2.00 bits per heavy atom. The van der Waals surface area contributed by atoms with Gasteiger partial charge in [0.25, 0.3) is 0 Å². The molecule has 2 aromatic heterocycles. The van der Waals surface area contributed by atoms with Crippen LogP contribution in [0.2, 0.25) is 5.02 Å². The minimum atomic E-state index is 0.314. The predicted molar refractivity (Wildman–Crippen MR) is 74.6 cm³/mol. The van der Waals surface area contributed by atoms with Crippen molar-refractivity contribution in [2.75, 3.05) is 5.73 Å². The van der Waals surface area contributed by atoms with Crippen LogP contribution in [0.25, 0.3) is 22.6 Å². The summed E-state index contributed by atoms with van der Waals surface area (Å²) in [6, 6.07) is 12.9. The summed E-state index contributed by atoms with van der Waals surface area (Å²) in [5.74, 6) is 0.882. The van der Waals surface area contributed by atoms with Crippen molar-refractivity contribution in [1.82, 2.24) is 10.1 Å². The number of nitrogen functional groups attached to an aromatic ring is 1. The van der Waals surface area contributed by atoms with E-state index in [4.69, 9.17) is 21.9 Å². The van der Waals surface area contributed by atoms with Crippen LogP contribution in [0.1, 0.15) is 0 Å². The van der Waals surface area contributed by atoms with Crippen LogP contribution in [0.15, 0.2) is 53.2 Å². The highest BCUT2D eigenvalue weighted by Crippen LogP contribution is 2.35. The zero-order valence-corrected chi connectivity index (χ0v) is 10.6. The number of hydrogen-bond donors (Lipinski definition) is 1. The summed E-state index contributed by atoms with van der Waals surface area (Å²) >= 11 is 5.99. The average Bonchev–Trinajstić information content (AvgIpc) is 2.82. The first-order valence-electron chi connectivity index (χ1n) is 5.68. The maximum absolute atomic E-state index is 5.99. The van der Waals surface area contributed by atoms with Gasteiger partial charge in [0.2, 0.25) is 0 Å². The van der Waals surface area contributed by atoms with Crippen LogP contribution in [-0.2, 0) is 0 Å². The van der Waals surface area contributed by atoms with Crippen molar-refractivity contribution in [3.63, 3.8) is 0 Å². The summed E-state index contributed by atoms with van der Waals surface area (Å²) in [7, 11) is 0. The molecule has 0 aliphatic rings. The molecule has 0 aliphatic carbocycles. The molecule has 0 saturated heterocycles. The Kier molecular flexibility index (Phi) is 2.93. The molecular formula is C14H10ClN3O. The van der Waals surface area contributed by atoms with E-state index >= 15 is 0 Å². The molecule has 2 N–H and O–H groups in total. The van der Waals surface area contributed by atoms with Crippen molar-refractivity contribution in [3.8, 4) is 22.6 Å². The molecule has 19 heavy (non-hydrogen) atoms. The first-order chi connectivity index (χ1) is 9.25. The lowest BCUT2D eigenvalue weighted by molar-refractivity contribution is 0.436. The van der Waals surface area contributed by atoms with Gasteiger partial charge in [-0.25, -0.2) is 0 Å². The standard InChI is InChI=1S/C14H10ClN3O/c15-10-5-3-4-9(8-10)13-12(14(16)18-19-13)11-6-1-2-7-17-11/h1-8H,(H2,16,18). The molecule has 0 unspecified atom stereocenters. The second kappa shape index (κ2) is 4.74. The highest BCUT2D eigenvalue weighted by molar-refractivity contribution is 6.30. The Balaban J connectivity index is 2.19. The Labute approximate surface area is 114 Å². The monoisotopic (exact) mass is 271 g/mol. The van der Waals surface area contributed by atoms with Crippen LogP contribution in [0.4, 0.5) is 5.82 Å². The Bertz CT molecular complexity index is 710. The normalized spacial score (nSPS) is 10.6. The number of nitrogens with two attached hydrogens (primary N) is 1. The summed E-state index contributed by atoms with van der Waals surface area (Å²) in [6.07, 6.45) is 1.70. The van der Waals surface area contributed by atoms with Crippen molar-refractivity contribution in [3.05, 3.63) is 53.7 Å². The minimum absolute atomic E-state index is 0.314. The fourth-order valence-electron chi connectivity index (χ4n) is 1.89. The molecular weight excluding hydrogens is 262 g/mol. The number of pyridine rings is 1. The fraction of sp³-hybridized carbons (Fsp3) is 0. The molecule has 0 spiro atoms. The van der Waals surface area contributed by atoms with E-state index in [9.17, 15) is 0 Å². The number of hydrogen-bond acceptors (Lipinski definition) is 4. The van der Waals surface area contributed by atoms with Gasteiger partial charge in [0.15, 0.2) is 11.6 Å². The molecule has 0 amide bonds. The lowest BCUT2D eigenvalue weighted by Crippen LogP contribution is -1.90. The second-order valence-corrected chi connectivity index (χ2v) is 4.43. The van der Waals surface area contributed by atoms with Crippen LogP contribution in [0.5, 0.6) is 0 Å². The number of anilines is 1. The van der Waals surface area contributed by atoms with Crippen molar-refractivity contribution in [1.29, 1.82) is 0 Å². The quantitative estimate of drug-likeness (QED) is 0.773. The Morgan fingerprint density at radius 3 is 2.74 bits per heavy atom. The van der Waals surface area contributed by atoms with Gasteiger partial charge in [0.1, 0.15) is 0 Å². The summed E-state index contributed by atoms with van der Waals surface area (Å²) in [5, 5.41) is 4.44. The summed E-state index contributed by atoms with van der Waals surface area (Å²) in [4.78, 5) is 4.28. The molecule has 94 valence electrons. The highest BCUT2D eigenvalue weighted by Gasteiger charge is 2.18. The molecule has 0 radical (unpaired) electrons. The van der Waals surface area contributed by atoms with Gasteiger partial charge in [0, 0.05) is 16.8 Å². The van der Waals surface area contributed by atoms with Crippen LogP contribution < -0.4 is 5.73 Å². The van der Waals surface area contributed by atoms with Gasteiger partial charge in [-0.2, -0.15) is 0 Å². The van der Waals surface area contributed by atoms with E-state index in [0.29, 0.717) is 22.2 Å². The highest BCUT2D eigenvalue weighted by atomic mass is 35.5. The van der Waals surface area contributed by atoms with Crippen LogP contribution in [0.3, 0.4) is 0 Å². The molecule has 0 bridgehead atoms. The largest absolute Gasteiger partial charge is 0.380 e. The molecule has 5 heteroatoms. The lowest BCUT2D eigenvalue weighted by atomic mass is 10.1. The number of benzene rings is 1. The first-order valence-corrected chi connectivity index (χ1v) is 6.06. The van der Waals surface area contributed by atoms with Crippen LogP contribution in [-0.4, -0.2) is 10.1 Å². The summed E-state index contributed by atoms with van der Waals surface area (Å²) in [5.41, 5.74) is 8.09. The lowest BCUT2D eigenvalue weighted by Gasteiger charge is -2.02. The van der Waals surface area contributed by atoms with E-state index in [1.54, 1.807) is 18.3 Å². The van der Waals surface area contributed by atoms with E-state index in [-0.39, 0.29) is 0 Å². The Morgan fingerprint density at radius 1 is 1.11 bits per heavy atom. The average molecular weight is 272 g/mol. The van der Waals surface area contributed by atoms with E-state index in [1.807, 2.05) is 30.3 Å². The van der Waals surface area contributed by atoms with Gasteiger partial charge >= 0.3 is 0 Å². The van der Waals surface area contributed by atoms with Gasteiger partial charge in [-0.05, 0) is 24.3 Å². The van der Waals surface area contributed by atoms with Gasteiger partial charge in [-0.15, -0.1) is 0 Å². The van der Waals surface area contributed by atoms with E-state index in [0.717, 1.165) is 11.3 Å².